The summed E-state index contributed by atoms with van der Waals surface area (Å²) in [7, 11) is -0.248. The second-order valence-corrected chi connectivity index (χ2v) is 9.88. The molecule has 0 atom stereocenters. The van der Waals surface area contributed by atoms with Gasteiger partial charge >= 0.3 is 0 Å². The van der Waals surface area contributed by atoms with Crippen molar-refractivity contribution in [3.63, 3.8) is 0 Å². The quantitative estimate of drug-likeness (QED) is 0.425. The van der Waals surface area contributed by atoms with E-state index in [4.69, 9.17) is 4.74 Å². The number of anilines is 1. The molecule has 8 heteroatoms. The maximum atomic E-state index is 13.3. The van der Waals surface area contributed by atoms with Crippen LogP contribution in [0.15, 0.2) is 89.8 Å². The van der Waals surface area contributed by atoms with E-state index >= 15 is 0 Å². The lowest BCUT2D eigenvalue weighted by Crippen LogP contribution is -2.44. The summed E-state index contributed by atoms with van der Waals surface area (Å²) in [4.78, 5) is 17.6. The first-order valence-electron chi connectivity index (χ1n) is 10.7. The molecule has 0 saturated carbocycles. The Morgan fingerprint density at radius 3 is 2.03 bits per heavy atom. The third-order valence-electron chi connectivity index (χ3n) is 5.88. The molecule has 4 aromatic carbocycles. The van der Waals surface area contributed by atoms with E-state index in [1.165, 1.54) is 6.07 Å². The number of sulfonamides is 1. The molecule has 1 heterocycles. The number of hydrogen-bond acceptors (Lipinski definition) is 5. The maximum Gasteiger partial charge on any atom is 0.257 e. The molecule has 0 spiro atoms. The lowest BCUT2D eigenvalue weighted by Gasteiger charge is -2.27. The number of fused-ring (bicyclic) bond motifs is 3. The number of carbonyl (C=O) groups excluding carboxylic acids is 1. The van der Waals surface area contributed by atoms with Gasteiger partial charge in [-0.1, -0.05) is 60.7 Å². The van der Waals surface area contributed by atoms with Crippen molar-refractivity contribution in [2.45, 2.75) is 10.8 Å². The number of benzene rings is 4. The van der Waals surface area contributed by atoms with Gasteiger partial charge in [-0.15, -0.1) is 4.83 Å². The van der Waals surface area contributed by atoms with Crippen LogP contribution >= 0.6 is 0 Å². The molecule has 0 fully saturated rings. The average molecular weight is 474 g/mol. The Kier molecular flexibility index (Phi) is 5.47. The van der Waals surface area contributed by atoms with Gasteiger partial charge in [-0.3, -0.25) is 10.2 Å². The average Bonchev–Trinajstić information content (AvgIpc) is 2.85. The first-order chi connectivity index (χ1) is 16.4. The van der Waals surface area contributed by atoms with Crippen molar-refractivity contribution in [3.8, 4) is 11.5 Å². The van der Waals surface area contributed by atoms with E-state index in [-0.39, 0.29) is 4.90 Å². The van der Waals surface area contributed by atoms with Crippen molar-refractivity contribution in [2.75, 3.05) is 19.0 Å². The molecule has 4 aromatic rings. The molecule has 1 aliphatic rings. The molecule has 34 heavy (non-hydrogen) atoms. The first kappa shape index (κ1) is 21.9. The Morgan fingerprint density at radius 1 is 0.794 bits per heavy atom. The number of hydrogen-bond donors (Lipinski definition) is 2. The van der Waals surface area contributed by atoms with Crippen LogP contribution in [0.2, 0.25) is 0 Å². The van der Waals surface area contributed by atoms with E-state index < -0.39 is 21.8 Å². The van der Waals surface area contributed by atoms with Gasteiger partial charge in [-0.05, 0) is 24.3 Å². The number of ether oxygens (including phenoxy) is 1. The van der Waals surface area contributed by atoms with Crippen LogP contribution in [0.25, 0.3) is 10.8 Å². The normalized spacial score (nSPS) is 13.0. The molecule has 172 valence electrons. The van der Waals surface area contributed by atoms with E-state index in [9.17, 15) is 13.2 Å². The number of nitrogens with zero attached hydrogens (tertiary/aromatic N) is 1. The Bertz CT molecular complexity index is 1470. The molecule has 5 rings (SSSR count). The monoisotopic (exact) mass is 473 g/mol. The predicted octanol–water partition coefficient (Wildman–Crippen LogP) is 4.15. The Balaban J connectivity index is 1.47. The summed E-state index contributed by atoms with van der Waals surface area (Å²) >= 11 is 0. The zero-order valence-corrected chi connectivity index (χ0v) is 19.5. The molecule has 7 nitrogen and oxygen atoms in total. The molecule has 0 saturated heterocycles. The third kappa shape index (κ3) is 3.76. The topological polar surface area (TPSA) is 87.7 Å². The molecule has 0 bridgehead atoms. The van der Waals surface area contributed by atoms with Gasteiger partial charge in [0, 0.05) is 41.7 Å². The van der Waals surface area contributed by atoms with E-state index in [1.54, 1.807) is 36.4 Å². The van der Waals surface area contributed by atoms with E-state index in [2.05, 4.69) is 10.3 Å². The Labute approximate surface area is 198 Å². The van der Waals surface area contributed by atoms with Gasteiger partial charge in [-0.25, -0.2) is 8.42 Å². The second kappa shape index (κ2) is 8.48. The molecule has 0 unspecified atom stereocenters. The summed E-state index contributed by atoms with van der Waals surface area (Å²) in [6, 6.07) is 25.0. The van der Waals surface area contributed by atoms with Crippen molar-refractivity contribution in [2.24, 2.45) is 0 Å². The van der Waals surface area contributed by atoms with Crippen LogP contribution in [0.3, 0.4) is 0 Å². The second-order valence-electron chi connectivity index (χ2n) is 8.23. The predicted molar refractivity (Wildman–Crippen MR) is 132 cm³/mol. The van der Waals surface area contributed by atoms with Gasteiger partial charge in [0.2, 0.25) is 5.91 Å². The van der Waals surface area contributed by atoms with Crippen LogP contribution < -0.4 is 19.9 Å². The van der Waals surface area contributed by atoms with Crippen molar-refractivity contribution in [1.82, 2.24) is 10.3 Å². The van der Waals surface area contributed by atoms with Crippen LogP contribution in [0.5, 0.6) is 11.5 Å². The van der Waals surface area contributed by atoms with Crippen molar-refractivity contribution in [1.29, 1.82) is 0 Å². The largest absolute Gasteiger partial charge is 0.457 e. The van der Waals surface area contributed by atoms with Crippen LogP contribution in [0.1, 0.15) is 17.0 Å². The molecule has 0 radical (unpaired) electrons. The van der Waals surface area contributed by atoms with Crippen LogP contribution in [-0.4, -0.2) is 28.4 Å². The fourth-order valence-electron chi connectivity index (χ4n) is 4.33. The molecule has 1 amide bonds. The molecule has 0 aliphatic carbocycles. The minimum atomic E-state index is -4.05. The molecular formula is C26H23N3O4S. The highest BCUT2D eigenvalue weighted by Crippen LogP contribution is 2.43. The summed E-state index contributed by atoms with van der Waals surface area (Å²) in [5.74, 6) is -0.0957. The Morgan fingerprint density at radius 2 is 1.38 bits per heavy atom. The number of hydrazine groups is 1. The van der Waals surface area contributed by atoms with Gasteiger partial charge in [0.1, 0.15) is 11.5 Å². The molecule has 0 aromatic heterocycles. The summed E-state index contributed by atoms with van der Waals surface area (Å²) in [6.07, 6.45) is 0. The highest BCUT2D eigenvalue weighted by atomic mass is 32.2. The summed E-state index contributed by atoms with van der Waals surface area (Å²) in [5, 5.41) is 1.37. The fourth-order valence-corrected chi connectivity index (χ4v) is 5.40. The molecular weight excluding hydrogens is 450 g/mol. The number of nitrogens with one attached hydrogen (secondary N) is 2. The van der Waals surface area contributed by atoms with Gasteiger partial charge in [0.05, 0.1) is 10.8 Å². The summed E-state index contributed by atoms with van der Waals surface area (Å²) in [5.41, 5.74) is 4.66. The minimum absolute atomic E-state index is 0.0850. The van der Waals surface area contributed by atoms with Gasteiger partial charge in [0.25, 0.3) is 10.0 Å². The van der Waals surface area contributed by atoms with Crippen LogP contribution in [0.4, 0.5) is 5.69 Å². The SMILES string of the molecule is CN(C)c1cccc2c(S(=O)(=O)NNC(=O)C3c4ccccc4Oc4ccccc43)cccc12. The van der Waals surface area contributed by atoms with Gasteiger partial charge in [-0.2, -0.15) is 0 Å². The lowest BCUT2D eigenvalue weighted by molar-refractivity contribution is -0.122. The third-order valence-corrected chi connectivity index (χ3v) is 7.19. The van der Waals surface area contributed by atoms with E-state index in [1.807, 2.05) is 61.5 Å². The van der Waals surface area contributed by atoms with Crippen molar-refractivity contribution < 1.29 is 17.9 Å². The highest BCUT2D eigenvalue weighted by molar-refractivity contribution is 7.89. The maximum absolute atomic E-state index is 13.3. The lowest BCUT2D eigenvalue weighted by atomic mass is 9.87. The first-order valence-corrected chi connectivity index (χ1v) is 12.2. The minimum Gasteiger partial charge on any atom is -0.457 e. The summed E-state index contributed by atoms with van der Waals surface area (Å²) in [6.45, 7) is 0. The van der Waals surface area contributed by atoms with E-state index in [0.29, 0.717) is 28.0 Å². The summed E-state index contributed by atoms with van der Waals surface area (Å²) < 4.78 is 32.4. The van der Waals surface area contributed by atoms with Crippen molar-refractivity contribution >= 4 is 32.4 Å². The zero-order valence-electron chi connectivity index (χ0n) is 18.6. The zero-order chi connectivity index (χ0) is 23.9. The van der Waals surface area contributed by atoms with Gasteiger partial charge in [0.15, 0.2) is 0 Å². The van der Waals surface area contributed by atoms with Crippen molar-refractivity contribution in [3.05, 3.63) is 96.1 Å². The smallest absolute Gasteiger partial charge is 0.257 e. The number of rotatable bonds is 5. The van der Waals surface area contributed by atoms with Crippen LogP contribution in [0, 0.1) is 0 Å². The fraction of sp³-hybridized carbons (Fsp3) is 0.115. The Hall–Kier alpha value is -3.88. The highest BCUT2D eigenvalue weighted by Gasteiger charge is 2.33. The molecule has 1 aliphatic heterocycles. The number of amides is 1. The van der Waals surface area contributed by atoms with E-state index in [0.717, 1.165) is 11.1 Å². The number of carbonyl (C=O) groups is 1. The standard InChI is InChI=1S/C26H23N3O4S/c1-29(2)21-13-7-12-18-17(21)11-8-16-24(18)34(31,32)28-27-26(30)25-19-9-3-5-14-22(19)33-23-15-6-4-10-20(23)25/h3-16,25,28H,1-2H3,(H,27,30). The number of para-hydroxylation sites is 2. The van der Waals surface area contributed by atoms with Crippen LogP contribution in [-0.2, 0) is 14.8 Å². The molecule has 2 N–H and O–H groups in total. The van der Waals surface area contributed by atoms with Gasteiger partial charge < -0.3 is 9.64 Å².